The van der Waals surface area contributed by atoms with E-state index in [2.05, 4.69) is 20.5 Å². The summed E-state index contributed by atoms with van der Waals surface area (Å²) in [4.78, 5) is 3.85. The Morgan fingerprint density at radius 1 is 0.861 bits per heavy atom. The Labute approximate surface area is 202 Å². The van der Waals surface area contributed by atoms with Gasteiger partial charge in [-0.25, -0.2) is 27.2 Å². The van der Waals surface area contributed by atoms with Crippen molar-refractivity contribution in [2.75, 3.05) is 5.32 Å². The number of fused-ring (bicyclic) bond motifs is 1. The maximum atomic E-state index is 14.7. The van der Waals surface area contributed by atoms with Gasteiger partial charge in [-0.15, -0.1) is 0 Å². The molecule has 0 amide bonds. The number of nitrogens with one attached hydrogen (secondary N) is 1. The lowest BCUT2D eigenvalue weighted by molar-refractivity contribution is -0.00828. The summed E-state index contributed by atoms with van der Waals surface area (Å²) < 4.78 is 58.1. The Morgan fingerprint density at radius 3 is 2.33 bits per heavy atom. The van der Waals surface area contributed by atoms with Crippen molar-refractivity contribution < 1.29 is 22.7 Å². The monoisotopic (exact) mass is 496 g/mol. The van der Waals surface area contributed by atoms with Crippen LogP contribution in [0.4, 0.5) is 23.2 Å². The molecular weight excluding hydrogens is 476 g/mol. The van der Waals surface area contributed by atoms with Crippen molar-refractivity contribution in [3.05, 3.63) is 108 Å². The maximum Gasteiger partial charge on any atom is 0.137 e. The Morgan fingerprint density at radius 2 is 1.61 bits per heavy atom. The molecule has 2 N–H and O–H groups in total. The number of aromatic nitrogens is 5. The normalized spacial score (nSPS) is 13.1. The third-order valence-corrected chi connectivity index (χ3v) is 5.80. The minimum Gasteiger partial charge on any atom is -0.381 e. The van der Waals surface area contributed by atoms with Gasteiger partial charge in [0.1, 0.15) is 41.5 Å². The van der Waals surface area contributed by atoms with Crippen LogP contribution < -0.4 is 5.32 Å². The standard InChI is InChI=1S/C25H20F4N6O/c26-18-2-1-16(22(28)8-18)10-31-20-4-6-24-17(7-20)11-34(33-24)12-25(36,13-35-15-30-14-32-35)21-5-3-19(27)9-23(21)29/h1-9,11,14-15,31,36H,10,12-13H2. The van der Waals surface area contributed by atoms with Gasteiger partial charge >= 0.3 is 0 Å². The Bertz CT molecular complexity index is 1520. The van der Waals surface area contributed by atoms with Crippen LogP contribution in [0.1, 0.15) is 11.1 Å². The summed E-state index contributed by atoms with van der Waals surface area (Å²) in [5.41, 5.74) is -0.340. The third-order valence-electron chi connectivity index (χ3n) is 5.80. The highest BCUT2D eigenvalue weighted by Gasteiger charge is 2.34. The average molecular weight is 496 g/mol. The van der Waals surface area contributed by atoms with Crippen molar-refractivity contribution in [3.63, 3.8) is 0 Å². The molecule has 1 unspecified atom stereocenters. The SMILES string of the molecule is OC(Cn1cncn1)(Cn1cc2cc(NCc3ccc(F)cc3F)ccc2n1)c1ccc(F)cc1F. The predicted octanol–water partition coefficient (Wildman–Crippen LogP) is 4.38. The van der Waals surface area contributed by atoms with Gasteiger partial charge < -0.3 is 10.4 Å². The van der Waals surface area contributed by atoms with Crippen molar-refractivity contribution in [2.24, 2.45) is 0 Å². The number of anilines is 1. The van der Waals surface area contributed by atoms with Gasteiger partial charge in [0.2, 0.25) is 0 Å². The van der Waals surface area contributed by atoms with E-state index in [9.17, 15) is 22.7 Å². The molecule has 0 aliphatic rings. The molecule has 2 heterocycles. The second-order valence-electron chi connectivity index (χ2n) is 8.44. The van der Waals surface area contributed by atoms with Crippen molar-refractivity contribution in [3.8, 4) is 0 Å². The largest absolute Gasteiger partial charge is 0.381 e. The second kappa shape index (κ2) is 9.42. The average Bonchev–Trinajstić information content (AvgIpc) is 3.47. The van der Waals surface area contributed by atoms with Gasteiger partial charge in [-0.2, -0.15) is 10.2 Å². The summed E-state index contributed by atoms with van der Waals surface area (Å²) >= 11 is 0. The molecule has 0 aliphatic carbocycles. The molecule has 0 bridgehead atoms. The van der Waals surface area contributed by atoms with Gasteiger partial charge in [0.05, 0.1) is 18.6 Å². The fraction of sp³-hybridized carbons (Fsp3) is 0.160. The third kappa shape index (κ3) is 4.91. The quantitative estimate of drug-likeness (QED) is 0.312. The molecule has 0 aliphatic heterocycles. The highest BCUT2D eigenvalue weighted by molar-refractivity contribution is 5.82. The summed E-state index contributed by atoms with van der Waals surface area (Å²) in [6.45, 7) is -0.164. The number of benzene rings is 3. The Kier molecular flexibility index (Phi) is 6.15. The number of halogens is 4. The first kappa shape index (κ1) is 23.5. The van der Waals surface area contributed by atoms with E-state index in [0.29, 0.717) is 28.2 Å². The first-order chi connectivity index (χ1) is 17.3. The van der Waals surface area contributed by atoms with Crippen LogP contribution in [0.2, 0.25) is 0 Å². The van der Waals surface area contributed by atoms with Crippen LogP contribution in [-0.4, -0.2) is 29.7 Å². The lowest BCUT2D eigenvalue weighted by Gasteiger charge is -2.28. The molecule has 3 aromatic carbocycles. The van der Waals surface area contributed by atoms with E-state index < -0.39 is 28.9 Å². The molecule has 11 heteroatoms. The summed E-state index contributed by atoms with van der Waals surface area (Å²) in [5.74, 6) is -2.94. The molecule has 0 spiro atoms. The molecule has 0 saturated heterocycles. The summed E-state index contributed by atoms with van der Waals surface area (Å²) in [6, 6.07) is 11.7. The number of nitrogens with zero attached hydrogens (tertiary/aromatic N) is 5. The van der Waals surface area contributed by atoms with Crippen LogP contribution in [0.25, 0.3) is 10.9 Å². The van der Waals surface area contributed by atoms with Gasteiger partial charge in [0.15, 0.2) is 0 Å². The Balaban J connectivity index is 1.40. The van der Waals surface area contributed by atoms with E-state index in [-0.39, 0.29) is 25.2 Å². The number of hydrogen-bond acceptors (Lipinski definition) is 5. The zero-order valence-corrected chi connectivity index (χ0v) is 18.7. The zero-order chi connectivity index (χ0) is 25.3. The van der Waals surface area contributed by atoms with Crippen molar-refractivity contribution in [1.82, 2.24) is 24.5 Å². The summed E-state index contributed by atoms with van der Waals surface area (Å²) in [5, 5.41) is 23.8. The molecule has 184 valence electrons. The predicted molar refractivity (Wildman–Crippen MR) is 124 cm³/mol. The number of rotatable bonds is 8. The highest BCUT2D eigenvalue weighted by atomic mass is 19.1. The van der Waals surface area contributed by atoms with Crippen molar-refractivity contribution >= 4 is 16.6 Å². The van der Waals surface area contributed by atoms with Crippen LogP contribution in [0.5, 0.6) is 0 Å². The van der Waals surface area contributed by atoms with E-state index in [1.54, 1.807) is 24.4 Å². The van der Waals surface area contributed by atoms with Crippen LogP contribution in [-0.2, 0) is 25.2 Å². The fourth-order valence-electron chi connectivity index (χ4n) is 4.07. The van der Waals surface area contributed by atoms with E-state index in [4.69, 9.17) is 0 Å². The van der Waals surface area contributed by atoms with E-state index in [1.165, 1.54) is 40.2 Å². The van der Waals surface area contributed by atoms with Crippen LogP contribution in [0.15, 0.2) is 73.4 Å². The van der Waals surface area contributed by atoms with Crippen molar-refractivity contribution in [1.29, 1.82) is 0 Å². The minimum absolute atomic E-state index is 0.109. The molecule has 5 aromatic rings. The summed E-state index contributed by atoms with van der Waals surface area (Å²) in [7, 11) is 0. The zero-order valence-electron chi connectivity index (χ0n) is 18.7. The first-order valence-electron chi connectivity index (χ1n) is 10.9. The number of hydrogen-bond donors (Lipinski definition) is 2. The molecule has 36 heavy (non-hydrogen) atoms. The molecule has 2 aromatic heterocycles. The smallest absolute Gasteiger partial charge is 0.137 e. The van der Waals surface area contributed by atoms with E-state index >= 15 is 0 Å². The Hall–Kier alpha value is -4.25. The number of aliphatic hydroxyl groups is 1. The minimum atomic E-state index is -1.82. The van der Waals surface area contributed by atoms with Crippen LogP contribution in [0.3, 0.4) is 0 Å². The van der Waals surface area contributed by atoms with Crippen LogP contribution in [0, 0.1) is 23.3 Å². The molecular formula is C25H20F4N6O. The van der Waals surface area contributed by atoms with Gasteiger partial charge in [-0.05, 0) is 30.3 Å². The highest BCUT2D eigenvalue weighted by Crippen LogP contribution is 2.29. The van der Waals surface area contributed by atoms with Gasteiger partial charge in [-0.1, -0.05) is 12.1 Å². The second-order valence-corrected chi connectivity index (χ2v) is 8.44. The fourth-order valence-corrected chi connectivity index (χ4v) is 4.07. The molecule has 1 atom stereocenters. The molecule has 5 rings (SSSR count). The van der Waals surface area contributed by atoms with Gasteiger partial charge in [-0.3, -0.25) is 4.68 Å². The lowest BCUT2D eigenvalue weighted by atomic mass is 9.93. The lowest BCUT2D eigenvalue weighted by Crippen LogP contribution is -2.37. The molecule has 0 radical (unpaired) electrons. The maximum absolute atomic E-state index is 14.7. The van der Waals surface area contributed by atoms with E-state index in [0.717, 1.165) is 12.1 Å². The topological polar surface area (TPSA) is 80.8 Å². The van der Waals surface area contributed by atoms with Gasteiger partial charge in [0.25, 0.3) is 0 Å². The summed E-state index contributed by atoms with van der Waals surface area (Å²) in [6.07, 6.45) is 4.34. The van der Waals surface area contributed by atoms with Gasteiger partial charge in [0, 0.05) is 47.1 Å². The van der Waals surface area contributed by atoms with Crippen molar-refractivity contribution in [2.45, 2.75) is 25.2 Å². The molecule has 0 saturated carbocycles. The first-order valence-corrected chi connectivity index (χ1v) is 10.9. The van der Waals surface area contributed by atoms with Crippen LogP contribution >= 0.6 is 0 Å². The molecule has 0 fully saturated rings. The van der Waals surface area contributed by atoms with E-state index in [1.807, 2.05) is 0 Å². The molecule has 7 nitrogen and oxygen atoms in total.